The van der Waals surface area contributed by atoms with E-state index in [0.717, 1.165) is 15.6 Å². The summed E-state index contributed by atoms with van der Waals surface area (Å²) < 4.78 is 25.7. The maximum atomic E-state index is 12.5. The van der Waals surface area contributed by atoms with Gasteiger partial charge in [0.15, 0.2) is 11.5 Å². The van der Waals surface area contributed by atoms with Gasteiger partial charge in [0.1, 0.15) is 4.21 Å². The number of hydrogen-bond acceptors (Lipinski definition) is 8. The van der Waals surface area contributed by atoms with Gasteiger partial charge >= 0.3 is 0 Å². The van der Waals surface area contributed by atoms with Crippen molar-refractivity contribution >= 4 is 38.8 Å². The van der Waals surface area contributed by atoms with Crippen molar-refractivity contribution in [3.8, 4) is 10.6 Å². The topological polar surface area (TPSA) is 131 Å². The highest BCUT2D eigenvalue weighted by molar-refractivity contribution is 7.91. The van der Waals surface area contributed by atoms with Crippen LogP contribution in [0.15, 0.2) is 47.1 Å². The Morgan fingerprint density at radius 3 is 2.67 bits per heavy atom. The summed E-state index contributed by atoms with van der Waals surface area (Å²) in [6.45, 7) is 0. The minimum atomic E-state index is -3.55. The number of pyridine rings is 1. The lowest BCUT2D eigenvalue weighted by molar-refractivity contribution is 0.102. The number of carbonyl (C=O) groups is 1. The fourth-order valence-electron chi connectivity index (χ4n) is 2.09. The Labute approximate surface area is 160 Å². The van der Waals surface area contributed by atoms with Crippen LogP contribution in [0.3, 0.4) is 0 Å². The molecule has 9 nitrogen and oxygen atoms in total. The average Bonchev–Trinajstić information content (AvgIpc) is 3.13. The highest BCUT2D eigenvalue weighted by Crippen LogP contribution is 2.31. The molecule has 27 heavy (non-hydrogen) atoms. The van der Waals surface area contributed by atoms with Crippen LogP contribution in [0.25, 0.3) is 10.6 Å². The normalized spacial score (nSPS) is 11.5. The lowest BCUT2D eigenvalue weighted by Crippen LogP contribution is -2.21. The smallest absolute Gasteiger partial charge is 0.278 e. The highest BCUT2D eigenvalue weighted by Gasteiger charge is 2.21. The van der Waals surface area contributed by atoms with Crippen LogP contribution in [0.4, 0.5) is 11.5 Å². The molecule has 0 aromatic carbocycles. The Hall–Kier alpha value is -2.89. The van der Waals surface area contributed by atoms with Crippen LogP contribution in [-0.4, -0.2) is 47.7 Å². The van der Waals surface area contributed by atoms with E-state index < -0.39 is 15.9 Å². The van der Waals surface area contributed by atoms with Gasteiger partial charge in [0.05, 0.1) is 28.7 Å². The maximum absolute atomic E-state index is 12.5. The molecular weight excluding hydrogens is 388 g/mol. The number of hydrogen-bond donors (Lipinski definition) is 2. The fraction of sp³-hybridized carbons (Fsp3) is 0.125. The predicted octanol–water partition coefficient (Wildman–Crippen LogP) is 1.68. The molecule has 0 bridgehead atoms. The molecule has 1 amide bonds. The number of anilines is 2. The van der Waals surface area contributed by atoms with Gasteiger partial charge in [-0.2, -0.15) is 0 Å². The van der Waals surface area contributed by atoms with Crippen LogP contribution in [-0.2, 0) is 10.0 Å². The van der Waals surface area contributed by atoms with E-state index in [4.69, 9.17) is 5.73 Å². The molecule has 3 heterocycles. The Balaban J connectivity index is 1.92. The lowest BCUT2D eigenvalue weighted by atomic mass is 10.3. The Morgan fingerprint density at radius 1 is 1.22 bits per heavy atom. The quantitative estimate of drug-likeness (QED) is 0.661. The first-order chi connectivity index (χ1) is 12.8. The largest absolute Gasteiger partial charge is 0.382 e. The molecule has 0 unspecified atom stereocenters. The number of nitrogens with one attached hydrogen (secondary N) is 1. The van der Waals surface area contributed by atoms with E-state index in [0.29, 0.717) is 16.3 Å². The van der Waals surface area contributed by atoms with Crippen molar-refractivity contribution in [3.05, 3.63) is 48.5 Å². The molecular formula is C16H16N6O3S2. The third-order valence-electron chi connectivity index (χ3n) is 3.50. The molecule has 3 aromatic heterocycles. The van der Waals surface area contributed by atoms with Gasteiger partial charge in [-0.15, -0.1) is 11.3 Å². The molecule has 0 fully saturated rings. The van der Waals surface area contributed by atoms with E-state index in [1.165, 1.54) is 32.6 Å². The van der Waals surface area contributed by atoms with Gasteiger partial charge in [-0.05, 0) is 24.3 Å². The van der Waals surface area contributed by atoms with Gasteiger partial charge in [-0.1, -0.05) is 0 Å². The van der Waals surface area contributed by atoms with E-state index in [1.54, 1.807) is 24.4 Å². The zero-order valence-corrected chi connectivity index (χ0v) is 16.1. The first-order valence-corrected chi connectivity index (χ1v) is 9.91. The third-order valence-corrected chi connectivity index (χ3v) is 6.89. The van der Waals surface area contributed by atoms with Crippen LogP contribution < -0.4 is 11.1 Å². The van der Waals surface area contributed by atoms with Crippen LogP contribution >= 0.6 is 11.3 Å². The van der Waals surface area contributed by atoms with Gasteiger partial charge in [0.2, 0.25) is 0 Å². The molecule has 3 N–H and O–H groups in total. The lowest BCUT2D eigenvalue weighted by Gasteiger charge is -2.08. The number of nitrogens with zero attached hydrogens (tertiary/aromatic N) is 4. The first kappa shape index (κ1) is 18.9. The molecule has 0 aliphatic heterocycles. The molecule has 3 rings (SSSR count). The van der Waals surface area contributed by atoms with Crippen molar-refractivity contribution in [2.24, 2.45) is 0 Å². The second kappa shape index (κ2) is 7.39. The molecule has 0 atom stereocenters. The molecule has 0 spiro atoms. The van der Waals surface area contributed by atoms with Crippen LogP contribution in [0.2, 0.25) is 0 Å². The van der Waals surface area contributed by atoms with E-state index in [-0.39, 0.29) is 15.7 Å². The summed E-state index contributed by atoms with van der Waals surface area (Å²) in [4.78, 5) is 25.2. The van der Waals surface area contributed by atoms with E-state index in [9.17, 15) is 13.2 Å². The Bertz CT molecular complexity index is 1080. The number of amides is 1. The van der Waals surface area contributed by atoms with Crippen LogP contribution in [0.5, 0.6) is 0 Å². The molecule has 0 aliphatic rings. The molecule has 0 radical (unpaired) electrons. The molecule has 140 valence electrons. The average molecular weight is 404 g/mol. The number of rotatable bonds is 5. The standard InChI is InChI=1S/C16H16N6O3S2/c1-22(2)27(24,25)13-6-5-12(26-13)11-9-19-15(17)14(21-11)16(23)20-10-4-3-7-18-8-10/h3-9H,1-2H3,(H2,17,19)(H,20,23). The van der Waals surface area contributed by atoms with E-state index in [2.05, 4.69) is 20.3 Å². The zero-order chi connectivity index (χ0) is 19.6. The number of aromatic nitrogens is 3. The second-order valence-electron chi connectivity index (χ2n) is 5.59. The summed E-state index contributed by atoms with van der Waals surface area (Å²) in [7, 11) is -0.633. The number of nitrogen functional groups attached to an aromatic ring is 1. The highest BCUT2D eigenvalue weighted by atomic mass is 32.2. The van der Waals surface area contributed by atoms with Crippen LogP contribution in [0.1, 0.15) is 10.5 Å². The zero-order valence-electron chi connectivity index (χ0n) is 14.4. The summed E-state index contributed by atoms with van der Waals surface area (Å²) in [5, 5.41) is 2.64. The van der Waals surface area contributed by atoms with Crippen molar-refractivity contribution in [2.45, 2.75) is 4.21 Å². The number of carbonyl (C=O) groups excluding carboxylic acids is 1. The van der Waals surface area contributed by atoms with Gasteiger partial charge in [0, 0.05) is 20.3 Å². The SMILES string of the molecule is CN(C)S(=O)(=O)c1ccc(-c2cnc(N)c(C(=O)Nc3cccnc3)n2)s1. The van der Waals surface area contributed by atoms with Gasteiger partial charge in [-0.3, -0.25) is 9.78 Å². The summed E-state index contributed by atoms with van der Waals surface area (Å²) in [6, 6.07) is 6.46. The van der Waals surface area contributed by atoms with Gasteiger partial charge in [0.25, 0.3) is 15.9 Å². The van der Waals surface area contributed by atoms with Crippen molar-refractivity contribution in [2.75, 3.05) is 25.1 Å². The fourth-order valence-corrected chi connectivity index (χ4v) is 4.52. The van der Waals surface area contributed by atoms with Crippen molar-refractivity contribution in [1.82, 2.24) is 19.3 Å². The summed E-state index contributed by atoms with van der Waals surface area (Å²) in [5.41, 5.74) is 6.58. The minimum Gasteiger partial charge on any atom is -0.382 e. The number of nitrogens with two attached hydrogens (primary N) is 1. The molecule has 0 saturated heterocycles. The molecule has 0 saturated carbocycles. The maximum Gasteiger partial charge on any atom is 0.278 e. The summed E-state index contributed by atoms with van der Waals surface area (Å²) in [6.07, 6.45) is 4.47. The van der Waals surface area contributed by atoms with Crippen LogP contribution in [0, 0.1) is 0 Å². The third kappa shape index (κ3) is 3.94. The molecule has 3 aromatic rings. The number of thiophene rings is 1. The predicted molar refractivity (Wildman–Crippen MR) is 103 cm³/mol. The second-order valence-corrected chi connectivity index (χ2v) is 9.05. The van der Waals surface area contributed by atoms with Crippen molar-refractivity contribution in [3.63, 3.8) is 0 Å². The Morgan fingerprint density at radius 2 is 2.00 bits per heavy atom. The molecule has 0 aliphatic carbocycles. The number of sulfonamides is 1. The monoisotopic (exact) mass is 404 g/mol. The van der Waals surface area contributed by atoms with Crippen molar-refractivity contribution < 1.29 is 13.2 Å². The van der Waals surface area contributed by atoms with Gasteiger partial charge < -0.3 is 11.1 Å². The van der Waals surface area contributed by atoms with Crippen molar-refractivity contribution in [1.29, 1.82) is 0 Å². The summed E-state index contributed by atoms with van der Waals surface area (Å²) in [5.74, 6) is -0.564. The Kier molecular flexibility index (Phi) is 5.17. The van der Waals surface area contributed by atoms with E-state index >= 15 is 0 Å². The van der Waals surface area contributed by atoms with Gasteiger partial charge in [-0.25, -0.2) is 22.7 Å². The first-order valence-electron chi connectivity index (χ1n) is 7.65. The van der Waals surface area contributed by atoms with E-state index in [1.807, 2.05) is 0 Å². The summed E-state index contributed by atoms with van der Waals surface area (Å²) >= 11 is 1.04. The molecule has 11 heteroatoms. The minimum absolute atomic E-state index is 0.0298.